The molecule has 2 aliphatic carbocycles. The zero-order valence-corrected chi connectivity index (χ0v) is 19.8. The van der Waals surface area contributed by atoms with Crippen LogP contribution in [0.5, 0.6) is 5.75 Å². The van der Waals surface area contributed by atoms with Gasteiger partial charge in [0.05, 0.1) is 22.4 Å². The number of epoxide rings is 1. The minimum atomic E-state index is -4.00. The summed E-state index contributed by atoms with van der Waals surface area (Å²) in [7, 11) is -1.30. The van der Waals surface area contributed by atoms with E-state index in [4.69, 9.17) is 16.3 Å². The van der Waals surface area contributed by atoms with E-state index in [2.05, 4.69) is 22.1 Å². The van der Waals surface area contributed by atoms with Gasteiger partial charge in [-0.3, -0.25) is 4.79 Å². The largest absolute Gasteiger partial charge is 0.504 e. The number of ketones is 1. The number of halogens is 1. The summed E-state index contributed by atoms with van der Waals surface area (Å²) in [6.45, 7) is 0. The highest BCUT2D eigenvalue weighted by atomic mass is 35.5. The molecule has 32 heavy (non-hydrogen) atoms. The topological polar surface area (TPSA) is 111 Å². The van der Waals surface area contributed by atoms with Gasteiger partial charge >= 0.3 is 0 Å². The van der Waals surface area contributed by atoms with Crippen LogP contribution in [0.3, 0.4) is 0 Å². The molecule has 11 heteroatoms. The first-order valence-corrected chi connectivity index (χ1v) is 12.9. The molecule has 0 amide bonds. The molecule has 170 valence electrons. The number of sulfonamides is 1. The Hall–Kier alpha value is -2.11. The number of anilines is 1. The van der Waals surface area contributed by atoms with Gasteiger partial charge in [0.1, 0.15) is 16.7 Å². The lowest BCUT2D eigenvalue weighted by Crippen LogP contribution is -2.28. The van der Waals surface area contributed by atoms with Crippen LogP contribution in [0.15, 0.2) is 39.9 Å². The Kier molecular flexibility index (Phi) is 5.25. The fraction of sp³-hybridized carbons (Fsp3) is 0.381. The number of rotatable bonds is 6. The average Bonchev–Trinajstić information content (AvgIpc) is 3.30. The number of benzene rings is 1. The number of aromatic hydroxyl groups is 1. The maximum atomic E-state index is 12.8. The van der Waals surface area contributed by atoms with Gasteiger partial charge in [-0.15, -0.1) is 11.3 Å². The highest BCUT2D eigenvalue weighted by Gasteiger charge is 2.56. The van der Waals surface area contributed by atoms with Crippen molar-refractivity contribution in [3.63, 3.8) is 0 Å². The van der Waals surface area contributed by atoms with Gasteiger partial charge in [-0.05, 0) is 48.4 Å². The number of aryl methyl sites for hydroxylation is 1. The second-order valence-corrected chi connectivity index (χ2v) is 11.7. The zero-order valence-electron chi connectivity index (χ0n) is 17.4. The van der Waals surface area contributed by atoms with Crippen molar-refractivity contribution in [1.82, 2.24) is 9.62 Å². The minimum absolute atomic E-state index is 0.0658. The molecule has 2 heterocycles. The quantitative estimate of drug-likeness (QED) is 0.417. The summed E-state index contributed by atoms with van der Waals surface area (Å²) in [6, 6.07) is 5.00. The number of thiophene rings is 1. The van der Waals surface area contributed by atoms with Crippen LogP contribution in [0.2, 0.25) is 5.02 Å². The molecule has 1 aromatic carbocycles. The van der Waals surface area contributed by atoms with Gasteiger partial charge in [0, 0.05) is 19.0 Å². The maximum absolute atomic E-state index is 12.8. The van der Waals surface area contributed by atoms with E-state index in [9.17, 15) is 18.3 Å². The molecule has 2 aromatic rings. The van der Waals surface area contributed by atoms with Crippen LogP contribution in [0, 0.1) is 0 Å². The van der Waals surface area contributed by atoms with Gasteiger partial charge in [-0.1, -0.05) is 11.6 Å². The van der Waals surface area contributed by atoms with Crippen LogP contribution in [-0.2, 0) is 26.0 Å². The molecule has 1 saturated heterocycles. The van der Waals surface area contributed by atoms with E-state index in [0.717, 1.165) is 23.6 Å². The molecule has 0 saturated carbocycles. The molecule has 1 fully saturated rings. The Bertz CT molecular complexity index is 1250. The summed E-state index contributed by atoms with van der Waals surface area (Å²) in [5, 5.41) is 19.2. The summed E-state index contributed by atoms with van der Waals surface area (Å²) in [5.74, 6) is -0.768. The average molecular weight is 496 g/mol. The third kappa shape index (κ3) is 3.41. The van der Waals surface area contributed by atoms with Crippen molar-refractivity contribution in [3.05, 3.63) is 50.4 Å². The molecular weight excluding hydrogens is 474 g/mol. The van der Waals surface area contributed by atoms with E-state index in [-0.39, 0.29) is 34.3 Å². The number of ether oxygens (including phenoxy) is 1. The van der Waals surface area contributed by atoms with E-state index < -0.39 is 26.8 Å². The first kappa shape index (κ1) is 21.7. The maximum Gasteiger partial charge on any atom is 0.247 e. The highest BCUT2D eigenvalue weighted by Crippen LogP contribution is 2.44. The van der Waals surface area contributed by atoms with Crippen molar-refractivity contribution < 1.29 is 23.1 Å². The minimum Gasteiger partial charge on any atom is -0.504 e. The van der Waals surface area contributed by atoms with Gasteiger partial charge in [0.2, 0.25) is 15.8 Å². The van der Waals surface area contributed by atoms with Gasteiger partial charge in [-0.25, -0.2) is 12.7 Å². The molecule has 3 unspecified atom stereocenters. The lowest BCUT2D eigenvalue weighted by molar-refractivity contribution is -0.116. The second kappa shape index (κ2) is 7.74. The van der Waals surface area contributed by atoms with E-state index >= 15 is 0 Å². The van der Waals surface area contributed by atoms with E-state index in [1.807, 2.05) is 0 Å². The molecule has 0 bridgehead atoms. The Labute approximate surface area is 194 Å². The van der Waals surface area contributed by atoms with Crippen LogP contribution in [0.25, 0.3) is 0 Å². The summed E-state index contributed by atoms with van der Waals surface area (Å²) < 4.78 is 31.8. The van der Waals surface area contributed by atoms with Crippen molar-refractivity contribution in [2.24, 2.45) is 0 Å². The summed E-state index contributed by atoms with van der Waals surface area (Å²) >= 11 is 7.83. The summed E-state index contributed by atoms with van der Waals surface area (Å²) in [5.41, 5.74) is 2.23. The van der Waals surface area contributed by atoms with Crippen LogP contribution < -0.4 is 10.6 Å². The molecular formula is C21H22ClN3O5S2. The Balaban J connectivity index is 1.51. The summed E-state index contributed by atoms with van der Waals surface area (Å²) in [4.78, 5) is 13.8. The van der Waals surface area contributed by atoms with Gasteiger partial charge in [0.15, 0.2) is 11.9 Å². The second-order valence-electron chi connectivity index (χ2n) is 8.20. The van der Waals surface area contributed by atoms with E-state index in [1.54, 1.807) is 11.3 Å². The van der Waals surface area contributed by atoms with Crippen LogP contribution in [0.1, 0.15) is 29.3 Å². The lowest BCUT2D eigenvalue weighted by Gasteiger charge is -2.26. The zero-order chi connectivity index (χ0) is 22.8. The van der Waals surface area contributed by atoms with Gasteiger partial charge < -0.3 is 20.5 Å². The molecule has 0 spiro atoms. The number of nitrogens with one attached hydrogen (secondary N) is 2. The third-order valence-corrected chi connectivity index (χ3v) is 9.33. The number of carbonyl (C=O) groups excluding carboxylic acids is 1. The number of phenolic OH excluding ortho intramolecular Hbond substituents is 1. The molecule has 3 aliphatic rings. The molecule has 1 aliphatic heterocycles. The predicted molar refractivity (Wildman–Crippen MR) is 121 cm³/mol. The van der Waals surface area contributed by atoms with Gasteiger partial charge in [0.25, 0.3) is 0 Å². The fourth-order valence-electron chi connectivity index (χ4n) is 4.27. The van der Waals surface area contributed by atoms with Crippen molar-refractivity contribution in [1.29, 1.82) is 0 Å². The van der Waals surface area contributed by atoms with Crippen molar-refractivity contribution >= 4 is 44.4 Å². The molecule has 0 radical (unpaired) electrons. The molecule has 3 N–H and O–H groups in total. The van der Waals surface area contributed by atoms with E-state index in [0.29, 0.717) is 5.70 Å². The SMILES string of the molecule is CN(C)S(=O)(=O)c1c(Cl)ccc(NC2=C(NC3CCCc4sccc43)C3OC3C2=O)c1O. The monoisotopic (exact) mass is 495 g/mol. The van der Waals surface area contributed by atoms with Crippen molar-refractivity contribution in [2.75, 3.05) is 19.4 Å². The first-order chi connectivity index (χ1) is 15.2. The fourth-order valence-corrected chi connectivity index (χ4v) is 6.73. The Morgan fingerprint density at radius 2 is 2.03 bits per heavy atom. The first-order valence-electron chi connectivity index (χ1n) is 10.2. The number of phenols is 1. The number of nitrogens with zero attached hydrogens (tertiary/aromatic N) is 1. The number of carbonyl (C=O) groups is 1. The Morgan fingerprint density at radius 1 is 1.25 bits per heavy atom. The lowest BCUT2D eigenvalue weighted by atomic mass is 9.93. The number of Topliss-reactive ketones (excluding diaryl/α,β-unsaturated/α-hetero) is 1. The van der Waals surface area contributed by atoms with Crippen LogP contribution >= 0.6 is 22.9 Å². The van der Waals surface area contributed by atoms with Crippen molar-refractivity contribution in [2.45, 2.75) is 42.4 Å². The third-order valence-electron chi connectivity index (χ3n) is 6.01. The number of hydrogen-bond donors (Lipinski definition) is 3. The summed E-state index contributed by atoms with van der Waals surface area (Å²) in [6.07, 6.45) is 2.13. The van der Waals surface area contributed by atoms with Crippen LogP contribution in [-0.4, -0.2) is 49.9 Å². The van der Waals surface area contributed by atoms with Crippen molar-refractivity contribution in [3.8, 4) is 5.75 Å². The van der Waals surface area contributed by atoms with Crippen LogP contribution in [0.4, 0.5) is 5.69 Å². The number of fused-ring (bicyclic) bond motifs is 2. The smallest absolute Gasteiger partial charge is 0.247 e. The normalized spacial score (nSPS) is 24.5. The predicted octanol–water partition coefficient (Wildman–Crippen LogP) is 3.00. The Morgan fingerprint density at radius 3 is 2.78 bits per heavy atom. The molecule has 1 aromatic heterocycles. The molecule has 8 nitrogen and oxygen atoms in total. The molecule has 5 rings (SSSR count). The number of hydrogen-bond acceptors (Lipinski definition) is 8. The standard InChI is InChI=1S/C21H22ClN3O5S2/c1-25(2)32(28,29)21-11(22)6-7-13(17(21)26)24-15-16(19-20(30-19)18(15)27)23-12-4-3-5-14-10(12)8-9-31-14/h6-9,12,19-20,23-24,26H,3-5H2,1-2H3. The highest BCUT2D eigenvalue weighted by molar-refractivity contribution is 7.89. The van der Waals surface area contributed by atoms with Gasteiger partial charge in [-0.2, -0.15) is 0 Å². The molecule has 3 atom stereocenters. The van der Waals surface area contributed by atoms with E-state index in [1.165, 1.54) is 36.7 Å².